The predicted molar refractivity (Wildman–Crippen MR) is 89.1 cm³/mol. The highest BCUT2D eigenvalue weighted by atomic mass is 35.5. The lowest BCUT2D eigenvalue weighted by Crippen LogP contribution is -2.46. The van der Waals surface area contributed by atoms with Gasteiger partial charge in [0.25, 0.3) is 0 Å². The number of hydrogen-bond acceptors (Lipinski definition) is 3. The first kappa shape index (κ1) is 18.0. The molecule has 0 atom stereocenters. The van der Waals surface area contributed by atoms with Crippen molar-refractivity contribution in [1.82, 2.24) is 10.2 Å². The Morgan fingerprint density at radius 1 is 1.35 bits per heavy atom. The van der Waals surface area contributed by atoms with Gasteiger partial charge in [-0.05, 0) is 57.4 Å². The normalized spacial score (nSPS) is 16.5. The molecule has 0 radical (unpaired) electrons. The topological polar surface area (TPSA) is 41.6 Å². The van der Waals surface area contributed by atoms with Gasteiger partial charge in [-0.25, -0.2) is 9.18 Å². The molecule has 1 aliphatic heterocycles. The molecule has 1 aliphatic rings. The Bertz CT molecular complexity index is 532. The quantitative estimate of drug-likeness (QED) is 0.903. The van der Waals surface area contributed by atoms with Crippen molar-refractivity contribution in [3.63, 3.8) is 0 Å². The number of benzene rings is 1. The van der Waals surface area contributed by atoms with Crippen molar-refractivity contribution in [2.75, 3.05) is 13.1 Å². The van der Waals surface area contributed by atoms with E-state index in [0.717, 1.165) is 18.4 Å². The fourth-order valence-corrected chi connectivity index (χ4v) is 2.81. The molecule has 0 bridgehead atoms. The van der Waals surface area contributed by atoms with Gasteiger partial charge in [-0.3, -0.25) is 0 Å². The minimum absolute atomic E-state index is 0.257. The van der Waals surface area contributed by atoms with Crippen molar-refractivity contribution in [1.29, 1.82) is 0 Å². The molecule has 1 aromatic rings. The van der Waals surface area contributed by atoms with E-state index in [9.17, 15) is 9.18 Å². The van der Waals surface area contributed by atoms with E-state index in [0.29, 0.717) is 30.7 Å². The Kier molecular flexibility index (Phi) is 5.87. The molecule has 128 valence electrons. The summed E-state index contributed by atoms with van der Waals surface area (Å²) in [6.45, 7) is 7.48. The minimum atomic E-state index is -0.469. The summed E-state index contributed by atoms with van der Waals surface area (Å²) in [5, 5.41) is 3.80. The summed E-state index contributed by atoms with van der Waals surface area (Å²) >= 11 is 5.85. The number of nitrogens with one attached hydrogen (secondary N) is 1. The van der Waals surface area contributed by atoms with Gasteiger partial charge in [0.1, 0.15) is 11.4 Å². The average molecular weight is 343 g/mol. The third-order valence-electron chi connectivity index (χ3n) is 3.66. The van der Waals surface area contributed by atoms with Gasteiger partial charge in [0.2, 0.25) is 0 Å². The van der Waals surface area contributed by atoms with Crippen LogP contribution in [0.4, 0.5) is 9.18 Å². The van der Waals surface area contributed by atoms with Gasteiger partial charge in [-0.15, -0.1) is 0 Å². The van der Waals surface area contributed by atoms with E-state index in [1.807, 2.05) is 20.8 Å². The number of nitrogens with zero attached hydrogens (tertiary/aromatic N) is 1. The van der Waals surface area contributed by atoms with E-state index < -0.39 is 5.60 Å². The molecule has 0 saturated carbocycles. The van der Waals surface area contributed by atoms with E-state index in [1.54, 1.807) is 11.0 Å². The van der Waals surface area contributed by atoms with Crippen LogP contribution < -0.4 is 5.32 Å². The number of carbonyl (C=O) groups is 1. The highest BCUT2D eigenvalue weighted by Gasteiger charge is 2.26. The van der Waals surface area contributed by atoms with E-state index in [2.05, 4.69) is 5.32 Å². The van der Waals surface area contributed by atoms with Gasteiger partial charge in [0.15, 0.2) is 0 Å². The van der Waals surface area contributed by atoms with Gasteiger partial charge in [-0.1, -0.05) is 11.6 Å². The first-order chi connectivity index (χ1) is 10.7. The van der Waals surface area contributed by atoms with Crippen LogP contribution in [0, 0.1) is 5.82 Å². The molecule has 2 rings (SSSR count). The smallest absolute Gasteiger partial charge is 0.410 e. The van der Waals surface area contributed by atoms with Crippen LogP contribution in [0.1, 0.15) is 39.2 Å². The lowest BCUT2D eigenvalue weighted by atomic mass is 10.0. The highest BCUT2D eigenvalue weighted by molar-refractivity contribution is 6.30. The van der Waals surface area contributed by atoms with E-state index in [4.69, 9.17) is 16.3 Å². The fraction of sp³-hybridized carbons (Fsp3) is 0.588. The van der Waals surface area contributed by atoms with Gasteiger partial charge < -0.3 is 15.0 Å². The molecule has 0 aromatic heterocycles. The molecule has 1 fully saturated rings. The van der Waals surface area contributed by atoms with Crippen LogP contribution in [0.2, 0.25) is 5.02 Å². The number of piperidine rings is 1. The van der Waals surface area contributed by atoms with Crippen LogP contribution in [0.15, 0.2) is 18.2 Å². The van der Waals surface area contributed by atoms with Crippen molar-refractivity contribution in [2.45, 2.75) is 51.8 Å². The summed E-state index contributed by atoms with van der Waals surface area (Å²) in [6, 6.07) is 4.84. The summed E-state index contributed by atoms with van der Waals surface area (Å²) < 4.78 is 18.7. The summed E-state index contributed by atoms with van der Waals surface area (Å²) in [5.74, 6) is -0.325. The van der Waals surface area contributed by atoms with Crippen LogP contribution in [0.3, 0.4) is 0 Å². The molecule has 0 aliphatic carbocycles. The molecule has 1 heterocycles. The second-order valence-corrected chi connectivity index (χ2v) is 7.34. The summed E-state index contributed by atoms with van der Waals surface area (Å²) in [7, 11) is 0. The number of halogens is 2. The lowest BCUT2D eigenvalue weighted by Gasteiger charge is -2.33. The van der Waals surface area contributed by atoms with Crippen LogP contribution in [0.25, 0.3) is 0 Å². The Morgan fingerprint density at radius 2 is 2.00 bits per heavy atom. The van der Waals surface area contributed by atoms with Crippen LogP contribution >= 0.6 is 11.6 Å². The SMILES string of the molecule is CC(C)(C)OC(=O)N1CCC(NCc2cc(F)cc(Cl)c2)CC1. The lowest BCUT2D eigenvalue weighted by molar-refractivity contribution is 0.0198. The zero-order valence-electron chi connectivity index (χ0n) is 13.9. The molecular weight excluding hydrogens is 319 g/mol. The number of likely N-dealkylation sites (tertiary alicyclic amines) is 1. The van der Waals surface area contributed by atoms with Crippen molar-refractivity contribution >= 4 is 17.7 Å². The molecule has 0 unspecified atom stereocenters. The first-order valence-electron chi connectivity index (χ1n) is 7.89. The minimum Gasteiger partial charge on any atom is -0.444 e. The van der Waals surface area contributed by atoms with Gasteiger partial charge in [0.05, 0.1) is 0 Å². The number of rotatable bonds is 3. The Labute approximate surface area is 141 Å². The fourth-order valence-electron chi connectivity index (χ4n) is 2.57. The van der Waals surface area contributed by atoms with E-state index >= 15 is 0 Å². The molecule has 1 saturated heterocycles. The molecular formula is C17H24ClFN2O2. The third-order valence-corrected chi connectivity index (χ3v) is 3.88. The first-order valence-corrected chi connectivity index (χ1v) is 8.27. The predicted octanol–water partition coefficient (Wildman–Crippen LogP) is 3.97. The standard InChI is InChI=1S/C17H24ClFN2O2/c1-17(2,3)23-16(22)21-6-4-15(5-7-21)20-11-12-8-13(18)10-14(19)9-12/h8-10,15,20H,4-7,11H2,1-3H3. The van der Waals surface area contributed by atoms with Gasteiger partial charge >= 0.3 is 6.09 Å². The van der Waals surface area contributed by atoms with E-state index in [1.165, 1.54) is 12.1 Å². The Morgan fingerprint density at radius 3 is 2.57 bits per heavy atom. The maximum atomic E-state index is 13.3. The van der Waals surface area contributed by atoms with Crippen LogP contribution in [-0.2, 0) is 11.3 Å². The van der Waals surface area contributed by atoms with Crippen LogP contribution in [-0.4, -0.2) is 35.7 Å². The van der Waals surface area contributed by atoms with Crippen molar-refractivity contribution in [2.24, 2.45) is 0 Å². The third kappa shape index (κ3) is 5.99. The summed E-state index contributed by atoms with van der Waals surface area (Å²) in [4.78, 5) is 13.7. The molecule has 4 nitrogen and oxygen atoms in total. The number of hydrogen-bond donors (Lipinski definition) is 1. The second-order valence-electron chi connectivity index (χ2n) is 6.90. The Balaban J connectivity index is 1.77. The molecule has 1 N–H and O–H groups in total. The maximum Gasteiger partial charge on any atom is 0.410 e. The van der Waals surface area contributed by atoms with Crippen molar-refractivity contribution in [3.05, 3.63) is 34.6 Å². The molecule has 1 amide bonds. The number of carbonyl (C=O) groups excluding carboxylic acids is 1. The van der Waals surface area contributed by atoms with Crippen molar-refractivity contribution in [3.8, 4) is 0 Å². The van der Waals surface area contributed by atoms with Crippen LogP contribution in [0.5, 0.6) is 0 Å². The summed E-state index contributed by atoms with van der Waals surface area (Å²) in [5.41, 5.74) is 0.354. The number of amides is 1. The van der Waals surface area contributed by atoms with Gasteiger partial charge in [0, 0.05) is 30.7 Å². The largest absolute Gasteiger partial charge is 0.444 e. The zero-order chi connectivity index (χ0) is 17.0. The number of ether oxygens (including phenoxy) is 1. The molecule has 6 heteroatoms. The average Bonchev–Trinajstić information content (AvgIpc) is 2.43. The monoisotopic (exact) mass is 342 g/mol. The van der Waals surface area contributed by atoms with E-state index in [-0.39, 0.29) is 11.9 Å². The summed E-state index contributed by atoms with van der Waals surface area (Å²) in [6.07, 6.45) is 1.44. The zero-order valence-corrected chi connectivity index (χ0v) is 14.6. The maximum absolute atomic E-state index is 13.3. The molecule has 23 heavy (non-hydrogen) atoms. The Hall–Kier alpha value is -1.33. The van der Waals surface area contributed by atoms with Crippen molar-refractivity contribution < 1.29 is 13.9 Å². The molecule has 1 aromatic carbocycles. The van der Waals surface area contributed by atoms with Gasteiger partial charge in [-0.2, -0.15) is 0 Å². The second kappa shape index (κ2) is 7.49. The molecule has 0 spiro atoms. The highest BCUT2D eigenvalue weighted by Crippen LogP contribution is 2.17.